The smallest absolute Gasteiger partial charge is 0.270 e. The van der Waals surface area contributed by atoms with Gasteiger partial charge in [0.2, 0.25) is 5.91 Å². The van der Waals surface area contributed by atoms with Crippen molar-refractivity contribution < 1.29 is 9.53 Å². The molecular weight excluding hydrogens is 430 g/mol. The second-order valence-electron chi connectivity index (χ2n) is 7.62. The molecule has 2 aromatic rings. The van der Waals surface area contributed by atoms with Crippen LogP contribution < -0.4 is 10.9 Å². The number of anilines is 1. The van der Waals surface area contributed by atoms with E-state index in [2.05, 4.69) is 40.2 Å². The fraction of sp³-hybridized carbons (Fsp3) is 0.474. The number of benzene rings is 1. The van der Waals surface area contributed by atoms with Crippen molar-refractivity contribution in [3.05, 3.63) is 50.2 Å². The number of ether oxygens (including phenoxy) is 1. The minimum atomic E-state index is -0.258. The van der Waals surface area contributed by atoms with Gasteiger partial charge < -0.3 is 10.1 Å². The van der Waals surface area contributed by atoms with Gasteiger partial charge in [0.1, 0.15) is 5.82 Å². The molecule has 2 N–H and O–H groups in total. The van der Waals surface area contributed by atoms with Gasteiger partial charge in [-0.2, -0.15) is 0 Å². The monoisotopic (exact) mass is 451 g/mol. The summed E-state index contributed by atoms with van der Waals surface area (Å²) < 4.78 is 8.65. The van der Waals surface area contributed by atoms with Gasteiger partial charge in [-0.15, -0.1) is 11.8 Å². The van der Waals surface area contributed by atoms with Crippen LogP contribution in [0.2, 0.25) is 0 Å². The number of nitrogens with one attached hydrogen (secondary N) is 2. The maximum Gasteiger partial charge on any atom is 0.270 e. The SMILES string of the molecule is CC1(C)CC(n2[nH]c(=O)c3c2NC(=O)CSC3c2ccc(Br)cc2)CCO1. The van der Waals surface area contributed by atoms with E-state index in [9.17, 15) is 9.59 Å². The summed E-state index contributed by atoms with van der Waals surface area (Å²) in [5, 5.41) is 5.77. The van der Waals surface area contributed by atoms with Crippen molar-refractivity contribution in [2.45, 2.75) is 43.6 Å². The lowest BCUT2D eigenvalue weighted by Gasteiger charge is -2.36. The largest absolute Gasteiger partial charge is 0.375 e. The quantitative estimate of drug-likeness (QED) is 0.726. The van der Waals surface area contributed by atoms with Crippen LogP contribution in [0.25, 0.3) is 0 Å². The van der Waals surface area contributed by atoms with Crippen LogP contribution in [-0.2, 0) is 9.53 Å². The summed E-state index contributed by atoms with van der Waals surface area (Å²) in [4.78, 5) is 25.3. The fourth-order valence-electron chi connectivity index (χ4n) is 3.84. The highest BCUT2D eigenvalue weighted by molar-refractivity contribution is 9.10. The Kier molecular flexibility index (Phi) is 4.98. The van der Waals surface area contributed by atoms with Gasteiger partial charge in [0.25, 0.3) is 5.56 Å². The normalized spacial score (nSPS) is 24.8. The van der Waals surface area contributed by atoms with Crippen molar-refractivity contribution in [3.63, 3.8) is 0 Å². The Morgan fingerprint density at radius 2 is 2.00 bits per heavy atom. The van der Waals surface area contributed by atoms with Gasteiger partial charge in [-0.3, -0.25) is 19.4 Å². The molecule has 3 heterocycles. The Bertz CT molecular complexity index is 919. The summed E-state index contributed by atoms with van der Waals surface area (Å²) in [5.74, 6) is 0.833. The number of rotatable bonds is 2. The number of hydrogen-bond acceptors (Lipinski definition) is 4. The third-order valence-electron chi connectivity index (χ3n) is 5.07. The Morgan fingerprint density at radius 1 is 1.26 bits per heavy atom. The molecule has 1 amide bonds. The van der Waals surface area contributed by atoms with Crippen LogP contribution in [0.15, 0.2) is 33.5 Å². The number of H-pyrrole nitrogens is 1. The maximum absolute atomic E-state index is 12.9. The van der Waals surface area contributed by atoms with Crippen molar-refractivity contribution in [2.24, 2.45) is 0 Å². The maximum atomic E-state index is 12.9. The Balaban J connectivity index is 1.80. The van der Waals surface area contributed by atoms with Crippen LogP contribution in [0.5, 0.6) is 0 Å². The van der Waals surface area contributed by atoms with Crippen molar-refractivity contribution in [1.82, 2.24) is 9.78 Å². The average Bonchev–Trinajstić information content (AvgIpc) is 2.81. The summed E-state index contributed by atoms with van der Waals surface area (Å²) in [6.45, 7) is 4.74. The van der Waals surface area contributed by atoms with Crippen LogP contribution in [0.4, 0.5) is 5.82 Å². The van der Waals surface area contributed by atoms with E-state index in [0.29, 0.717) is 23.7 Å². The molecule has 2 atom stereocenters. The third-order valence-corrected chi connectivity index (χ3v) is 6.87. The van der Waals surface area contributed by atoms with Crippen molar-refractivity contribution >= 4 is 39.4 Å². The number of fused-ring (bicyclic) bond motifs is 1. The number of thioether (sulfide) groups is 1. The molecule has 0 spiro atoms. The minimum Gasteiger partial charge on any atom is -0.375 e. The third kappa shape index (κ3) is 3.75. The molecule has 2 aliphatic rings. The van der Waals surface area contributed by atoms with Crippen LogP contribution in [0.1, 0.15) is 49.1 Å². The number of aromatic amines is 1. The molecule has 0 bridgehead atoms. The fourth-order valence-corrected chi connectivity index (χ4v) is 5.23. The molecule has 144 valence electrons. The predicted octanol–water partition coefficient (Wildman–Crippen LogP) is 3.84. The molecule has 8 heteroatoms. The van der Waals surface area contributed by atoms with Crippen molar-refractivity contribution in [3.8, 4) is 0 Å². The molecule has 0 radical (unpaired) electrons. The number of nitrogens with zero attached hydrogens (tertiary/aromatic N) is 1. The first-order valence-electron chi connectivity index (χ1n) is 8.99. The molecule has 2 aliphatic heterocycles. The molecule has 1 saturated heterocycles. The van der Waals surface area contributed by atoms with E-state index in [1.165, 1.54) is 11.8 Å². The van der Waals surface area contributed by atoms with Gasteiger partial charge in [0.05, 0.1) is 28.2 Å². The second-order valence-corrected chi connectivity index (χ2v) is 9.63. The highest BCUT2D eigenvalue weighted by Gasteiger charge is 2.35. The van der Waals surface area contributed by atoms with E-state index in [1.54, 1.807) is 0 Å². The van der Waals surface area contributed by atoms with Gasteiger partial charge >= 0.3 is 0 Å². The number of carbonyl (C=O) groups is 1. The lowest BCUT2D eigenvalue weighted by Crippen LogP contribution is -2.36. The van der Waals surface area contributed by atoms with Gasteiger partial charge in [-0.05, 0) is 44.4 Å². The highest BCUT2D eigenvalue weighted by Crippen LogP contribution is 2.42. The van der Waals surface area contributed by atoms with Gasteiger partial charge in [-0.1, -0.05) is 28.1 Å². The predicted molar refractivity (Wildman–Crippen MR) is 110 cm³/mol. The van der Waals surface area contributed by atoms with Gasteiger partial charge in [0.15, 0.2) is 0 Å². The van der Waals surface area contributed by atoms with E-state index in [1.807, 2.05) is 28.9 Å². The van der Waals surface area contributed by atoms with E-state index in [0.717, 1.165) is 22.9 Å². The molecule has 1 aromatic carbocycles. The number of carbonyl (C=O) groups excluding carboxylic acids is 1. The van der Waals surface area contributed by atoms with Crippen molar-refractivity contribution in [2.75, 3.05) is 17.7 Å². The zero-order valence-corrected chi connectivity index (χ0v) is 17.7. The Morgan fingerprint density at radius 3 is 2.70 bits per heavy atom. The number of aromatic nitrogens is 2. The van der Waals surface area contributed by atoms with Gasteiger partial charge in [-0.25, -0.2) is 0 Å². The molecule has 0 aliphatic carbocycles. The van der Waals surface area contributed by atoms with E-state index in [-0.39, 0.29) is 28.4 Å². The summed E-state index contributed by atoms with van der Waals surface area (Å²) in [7, 11) is 0. The number of hydrogen-bond donors (Lipinski definition) is 2. The summed E-state index contributed by atoms with van der Waals surface area (Å²) in [6.07, 6.45) is 1.57. The summed E-state index contributed by atoms with van der Waals surface area (Å²) in [6, 6.07) is 7.99. The van der Waals surface area contributed by atoms with E-state index < -0.39 is 0 Å². The average molecular weight is 452 g/mol. The Hall–Kier alpha value is -1.51. The molecule has 4 rings (SSSR count). The highest BCUT2D eigenvalue weighted by atomic mass is 79.9. The second kappa shape index (κ2) is 7.14. The molecule has 27 heavy (non-hydrogen) atoms. The Labute approximate surface area is 170 Å². The minimum absolute atomic E-state index is 0.0826. The first-order chi connectivity index (χ1) is 12.8. The summed E-state index contributed by atoms with van der Waals surface area (Å²) in [5.41, 5.74) is 1.23. The molecular formula is C19H22BrN3O3S. The topological polar surface area (TPSA) is 76.1 Å². The molecule has 1 fully saturated rings. The number of amides is 1. The lowest BCUT2D eigenvalue weighted by molar-refractivity contribution is -0.113. The first kappa shape index (κ1) is 18.8. The molecule has 2 unspecified atom stereocenters. The molecule has 0 saturated carbocycles. The van der Waals surface area contributed by atoms with Crippen molar-refractivity contribution in [1.29, 1.82) is 0 Å². The van der Waals surface area contributed by atoms with Crippen LogP contribution in [-0.4, -0.2) is 33.6 Å². The first-order valence-corrected chi connectivity index (χ1v) is 10.8. The standard InChI is InChI=1S/C19H22BrN3O3S/c1-19(2)9-13(7-8-26-19)23-17-15(18(25)22-23)16(27-10-14(24)21-17)11-3-5-12(20)6-4-11/h3-6,13,16H,7-10H2,1-2H3,(H,21,24)(H,22,25). The molecule has 1 aromatic heterocycles. The van der Waals surface area contributed by atoms with E-state index in [4.69, 9.17) is 4.74 Å². The van der Waals surface area contributed by atoms with Crippen LogP contribution in [0, 0.1) is 0 Å². The number of halogens is 1. The van der Waals surface area contributed by atoms with Crippen LogP contribution in [0.3, 0.4) is 0 Å². The zero-order chi connectivity index (χ0) is 19.2. The zero-order valence-electron chi connectivity index (χ0n) is 15.3. The molecule has 6 nitrogen and oxygen atoms in total. The van der Waals surface area contributed by atoms with E-state index >= 15 is 0 Å². The van der Waals surface area contributed by atoms with Gasteiger partial charge in [0, 0.05) is 11.1 Å². The summed E-state index contributed by atoms with van der Waals surface area (Å²) >= 11 is 4.93. The lowest BCUT2D eigenvalue weighted by atomic mass is 9.94. The van der Waals surface area contributed by atoms with Crippen LogP contribution >= 0.6 is 27.7 Å².